The van der Waals surface area contributed by atoms with Crippen LogP contribution in [0.15, 0.2) is 18.5 Å². The predicted octanol–water partition coefficient (Wildman–Crippen LogP) is 1.89. The second-order valence-electron chi connectivity index (χ2n) is 3.33. The molecule has 1 unspecified atom stereocenters. The normalized spacial score (nSPS) is 12.2. The van der Waals surface area contributed by atoms with E-state index in [-0.39, 0.29) is 12.0 Å². The average Bonchev–Trinajstić information content (AvgIpc) is 2.27. The Labute approximate surface area is 100.0 Å². The lowest BCUT2D eigenvalue weighted by atomic mass is 10.2. The highest BCUT2D eigenvalue weighted by Crippen LogP contribution is 2.12. The van der Waals surface area contributed by atoms with Gasteiger partial charge in [0.1, 0.15) is 0 Å². The van der Waals surface area contributed by atoms with E-state index in [1.165, 1.54) is 6.20 Å². The third-order valence-electron chi connectivity index (χ3n) is 2.01. The maximum atomic E-state index is 11.7. The molecule has 4 nitrogen and oxygen atoms in total. The van der Waals surface area contributed by atoms with Crippen molar-refractivity contribution < 1.29 is 9.53 Å². The van der Waals surface area contributed by atoms with Crippen LogP contribution in [0.4, 0.5) is 0 Å². The van der Waals surface area contributed by atoms with E-state index in [9.17, 15) is 4.79 Å². The molecule has 1 atom stereocenters. The monoisotopic (exact) mass is 242 g/mol. The van der Waals surface area contributed by atoms with E-state index in [0.717, 1.165) is 0 Å². The first-order valence-corrected chi connectivity index (χ1v) is 5.52. The number of carbonyl (C=O) groups excluding carboxylic acids is 1. The third-order valence-corrected chi connectivity index (χ3v) is 2.34. The maximum Gasteiger partial charge on any atom is 0.254 e. The lowest BCUT2D eigenvalue weighted by Gasteiger charge is -2.12. The van der Waals surface area contributed by atoms with Gasteiger partial charge in [0.05, 0.1) is 16.7 Å². The van der Waals surface area contributed by atoms with Gasteiger partial charge in [0, 0.05) is 25.5 Å². The van der Waals surface area contributed by atoms with Crippen LogP contribution in [-0.4, -0.2) is 30.1 Å². The molecule has 16 heavy (non-hydrogen) atoms. The highest BCUT2D eigenvalue weighted by atomic mass is 35.5. The molecular formula is C11H15ClN2O2. The minimum atomic E-state index is -0.232. The molecule has 1 aromatic heterocycles. The first kappa shape index (κ1) is 12.9. The molecule has 0 saturated heterocycles. The molecule has 1 heterocycles. The Morgan fingerprint density at radius 1 is 1.69 bits per heavy atom. The summed E-state index contributed by atoms with van der Waals surface area (Å²) in [5, 5.41) is 3.14. The Bertz CT molecular complexity index is 358. The first-order valence-electron chi connectivity index (χ1n) is 5.14. The summed E-state index contributed by atoms with van der Waals surface area (Å²) >= 11 is 5.86. The number of rotatable bonds is 5. The van der Waals surface area contributed by atoms with Crippen molar-refractivity contribution in [3.05, 3.63) is 29.0 Å². The van der Waals surface area contributed by atoms with Gasteiger partial charge in [-0.25, -0.2) is 0 Å². The maximum absolute atomic E-state index is 11.7. The van der Waals surface area contributed by atoms with Gasteiger partial charge in [0.2, 0.25) is 0 Å². The Balaban J connectivity index is 2.50. The number of amides is 1. The van der Waals surface area contributed by atoms with Gasteiger partial charge >= 0.3 is 0 Å². The number of hydrogen-bond acceptors (Lipinski definition) is 3. The van der Waals surface area contributed by atoms with Crippen molar-refractivity contribution >= 4 is 17.5 Å². The Morgan fingerprint density at radius 2 is 2.44 bits per heavy atom. The van der Waals surface area contributed by atoms with E-state index in [0.29, 0.717) is 23.7 Å². The molecule has 1 aromatic rings. The fraction of sp³-hybridized carbons (Fsp3) is 0.455. The number of nitrogens with zero attached hydrogens (tertiary/aromatic N) is 1. The Kier molecular flexibility index (Phi) is 5.22. The van der Waals surface area contributed by atoms with Crippen molar-refractivity contribution in [2.75, 3.05) is 13.2 Å². The molecular weight excluding hydrogens is 228 g/mol. The molecule has 0 aliphatic carbocycles. The van der Waals surface area contributed by atoms with Crippen molar-refractivity contribution in [3.63, 3.8) is 0 Å². The Morgan fingerprint density at radius 3 is 3.06 bits per heavy atom. The molecule has 0 aliphatic rings. The molecule has 88 valence electrons. The minimum Gasteiger partial charge on any atom is -0.377 e. The summed E-state index contributed by atoms with van der Waals surface area (Å²) in [5.41, 5.74) is 0.382. The number of halogens is 1. The fourth-order valence-electron chi connectivity index (χ4n) is 1.22. The highest BCUT2D eigenvalue weighted by molar-refractivity contribution is 6.33. The Hall–Kier alpha value is -1.13. The zero-order valence-corrected chi connectivity index (χ0v) is 10.1. The van der Waals surface area contributed by atoms with E-state index in [1.54, 1.807) is 12.3 Å². The van der Waals surface area contributed by atoms with Crippen LogP contribution in [0, 0.1) is 0 Å². The van der Waals surface area contributed by atoms with Crippen molar-refractivity contribution in [1.82, 2.24) is 10.3 Å². The molecule has 0 fully saturated rings. The van der Waals surface area contributed by atoms with Crippen molar-refractivity contribution in [1.29, 1.82) is 0 Å². The van der Waals surface area contributed by atoms with Crippen LogP contribution in [0.5, 0.6) is 0 Å². The third kappa shape index (κ3) is 3.79. The number of hydrogen-bond donors (Lipinski definition) is 1. The minimum absolute atomic E-state index is 0.00982. The van der Waals surface area contributed by atoms with Gasteiger partial charge < -0.3 is 10.1 Å². The lowest BCUT2D eigenvalue weighted by molar-refractivity contribution is 0.0695. The summed E-state index contributed by atoms with van der Waals surface area (Å²) in [7, 11) is 0. The molecule has 1 N–H and O–H groups in total. The zero-order chi connectivity index (χ0) is 12.0. The van der Waals surface area contributed by atoms with E-state index in [4.69, 9.17) is 16.3 Å². The van der Waals surface area contributed by atoms with Crippen molar-refractivity contribution in [2.24, 2.45) is 0 Å². The van der Waals surface area contributed by atoms with Crippen LogP contribution in [-0.2, 0) is 4.74 Å². The first-order chi connectivity index (χ1) is 7.65. The fourth-order valence-corrected chi connectivity index (χ4v) is 1.41. The second-order valence-corrected chi connectivity index (χ2v) is 3.74. The van der Waals surface area contributed by atoms with Crippen molar-refractivity contribution in [2.45, 2.75) is 20.0 Å². The van der Waals surface area contributed by atoms with E-state index < -0.39 is 0 Å². The van der Waals surface area contributed by atoms with E-state index in [1.807, 2.05) is 13.8 Å². The van der Waals surface area contributed by atoms with Crippen LogP contribution < -0.4 is 5.32 Å². The van der Waals surface area contributed by atoms with Crippen molar-refractivity contribution in [3.8, 4) is 0 Å². The quantitative estimate of drug-likeness (QED) is 0.858. The van der Waals surface area contributed by atoms with Gasteiger partial charge in [-0.05, 0) is 19.9 Å². The molecule has 0 spiro atoms. The smallest absolute Gasteiger partial charge is 0.254 e. The van der Waals surface area contributed by atoms with Gasteiger partial charge in [-0.1, -0.05) is 11.6 Å². The molecule has 0 aliphatic heterocycles. The van der Waals surface area contributed by atoms with Crippen LogP contribution in [0.3, 0.4) is 0 Å². The number of nitrogens with one attached hydrogen (secondary N) is 1. The van der Waals surface area contributed by atoms with Crippen LogP contribution in [0.25, 0.3) is 0 Å². The van der Waals surface area contributed by atoms with Gasteiger partial charge in [0.15, 0.2) is 0 Å². The molecule has 0 radical (unpaired) electrons. The van der Waals surface area contributed by atoms with Gasteiger partial charge in [-0.3, -0.25) is 9.78 Å². The van der Waals surface area contributed by atoms with Gasteiger partial charge in [-0.15, -0.1) is 0 Å². The topological polar surface area (TPSA) is 51.2 Å². The molecule has 0 aromatic carbocycles. The molecule has 1 rings (SSSR count). The number of aromatic nitrogens is 1. The summed E-state index contributed by atoms with van der Waals surface area (Å²) in [6, 6.07) is 1.59. The van der Waals surface area contributed by atoms with Crippen LogP contribution in [0.2, 0.25) is 5.02 Å². The average molecular weight is 243 g/mol. The standard InChI is InChI=1S/C11H15ClN2O2/c1-3-16-8(2)6-14-11(15)9-7-13-5-4-10(9)12/h4-5,7-8H,3,6H2,1-2H3,(H,14,15). The predicted molar refractivity (Wildman–Crippen MR) is 62.7 cm³/mol. The summed E-state index contributed by atoms with van der Waals surface area (Å²) in [5.74, 6) is -0.232. The van der Waals surface area contributed by atoms with E-state index in [2.05, 4.69) is 10.3 Å². The highest BCUT2D eigenvalue weighted by Gasteiger charge is 2.10. The summed E-state index contributed by atoms with van der Waals surface area (Å²) < 4.78 is 5.30. The second kappa shape index (κ2) is 6.45. The number of carbonyl (C=O) groups is 1. The van der Waals surface area contributed by atoms with Crippen LogP contribution >= 0.6 is 11.6 Å². The van der Waals surface area contributed by atoms with E-state index >= 15 is 0 Å². The van der Waals surface area contributed by atoms with Gasteiger partial charge in [-0.2, -0.15) is 0 Å². The molecule has 1 amide bonds. The summed E-state index contributed by atoms with van der Waals surface area (Å²) in [6.07, 6.45) is 2.98. The van der Waals surface area contributed by atoms with Gasteiger partial charge in [0.25, 0.3) is 5.91 Å². The molecule has 0 saturated carbocycles. The largest absolute Gasteiger partial charge is 0.377 e. The zero-order valence-electron chi connectivity index (χ0n) is 9.37. The lowest BCUT2D eigenvalue weighted by Crippen LogP contribution is -2.32. The summed E-state index contributed by atoms with van der Waals surface area (Å²) in [6.45, 7) is 4.90. The van der Waals surface area contributed by atoms with Crippen LogP contribution in [0.1, 0.15) is 24.2 Å². The number of ether oxygens (including phenoxy) is 1. The molecule has 0 bridgehead atoms. The SMILES string of the molecule is CCOC(C)CNC(=O)c1cnccc1Cl. The number of pyridine rings is 1. The summed E-state index contributed by atoms with van der Waals surface area (Å²) in [4.78, 5) is 15.5. The molecule has 5 heteroatoms.